The fourth-order valence-electron chi connectivity index (χ4n) is 3.27. The van der Waals surface area contributed by atoms with E-state index in [9.17, 15) is 9.59 Å². The number of oxazole rings is 1. The summed E-state index contributed by atoms with van der Waals surface area (Å²) in [5.74, 6) is -0.732. The van der Waals surface area contributed by atoms with E-state index in [1.807, 2.05) is 30.5 Å². The number of nitrogens with zero attached hydrogens (tertiary/aromatic N) is 1. The first-order valence-electron chi connectivity index (χ1n) is 8.58. The maximum absolute atomic E-state index is 12.5. The summed E-state index contributed by atoms with van der Waals surface area (Å²) in [6, 6.07) is 14.5. The highest BCUT2D eigenvalue weighted by molar-refractivity contribution is 5.84. The molecule has 0 saturated heterocycles. The summed E-state index contributed by atoms with van der Waals surface area (Å²) >= 11 is 0. The molecule has 1 amide bonds. The number of benzene rings is 2. The number of amides is 1. The first-order valence-corrected chi connectivity index (χ1v) is 8.58. The maximum atomic E-state index is 12.5. The molecule has 2 aromatic carbocycles. The Kier molecular flexibility index (Phi) is 4.08. The zero-order valence-corrected chi connectivity index (χ0v) is 14.4. The van der Waals surface area contributed by atoms with Crippen molar-refractivity contribution in [3.8, 4) is 0 Å². The van der Waals surface area contributed by atoms with Gasteiger partial charge in [0.05, 0.1) is 5.52 Å². The normalized spacial score (nSPS) is 12.5. The number of rotatable bonds is 5. The fraction of sp³-hybridized carbons (Fsp3) is 0.200. The average molecular weight is 349 g/mol. The minimum atomic E-state index is -0.644. The van der Waals surface area contributed by atoms with Crippen molar-refractivity contribution in [2.45, 2.75) is 19.4 Å². The molecule has 0 saturated carbocycles. The second kappa shape index (κ2) is 6.55. The Bertz CT molecular complexity index is 1140. The van der Waals surface area contributed by atoms with E-state index in [4.69, 9.17) is 4.42 Å². The number of fused-ring (bicyclic) bond motifs is 2. The van der Waals surface area contributed by atoms with E-state index in [1.165, 1.54) is 4.57 Å². The third kappa shape index (κ3) is 2.79. The van der Waals surface area contributed by atoms with Crippen LogP contribution >= 0.6 is 0 Å². The van der Waals surface area contributed by atoms with Gasteiger partial charge in [-0.25, -0.2) is 4.79 Å². The Hall–Kier alpha value is -3.28. The molecule has 0 aliphatic heterocycles. The van der Waals surface area contributed by atoms with Crippen LogP contribution in [-0.2, 0) is 11.2 Å². The lowest BCUT2D eigenvalue weighted by molar-refractivity contribution is -0.123. The van der Waals surface area contributed by atoms with Crippen LogP contribution in [0.2, 0.25) is 0 Å². The van der Waals surface area contributed by atoms with Crippen molar-refractivity contribution in [3.63, 3.8) is 0 Å². The van der Waals surface area contributed by atoms with E-state index in [0.29, 0.717) is 24.1 Å². The summed E-state index contributed by atoms with van der Waals surface area (Å²) in [6.45, 7) is 2.19. The number of H-pyrrole nitrogens is 1. The van der Waals surface area contributed by atoms with Gasteiger partial charge in [-0.1, -0.05) is 30.3 Å². The molecule has 4 aromatic rings. The molecule has 26 heavy (non-hydrogen) atoms. The third-order valence-electron chi connectivity index (χ3n) is 4.65. The molecule has 6 heteroatoms. The highest BCUT2D eigenvalue weighted by Crippen LogP contribution is 2.18. The van der Waals surface area contributed by atoms with E-state index in [-0.39, 0.29) is 5.91 Å². The van der Waals surface area contributed by atoms with E-state index in [2.05, 4.69) is 16.4 Å². The molecule has 0 aliphatic carbocycles. The number of aromatic amines is 1. The number of para-hydroxylation sites is 3. The summed E-state index contributed by atoms with van der Waals surface area (Å²) in [5.41, 5.74) is 3.34. The molecule has 0 unspecified atom stereocenters. The standard InChI is InChI=1S/C20H19N3O3/c1-13(23-17-8-4-5-9-18(17)26-20(23)25)19(24)21-11-10-14-12-22-16-7-3-2-6-15(14)16/h2-9,12-13,22H,10-11H2,1H3,(H,21,24)/t13-/m1/s1. The van der Waals surface area contributed by atoms with Gasteiger partial charge in [-0.2, -0.15) is 0 Å². The monoisotopic (exact) mass is 349 g/mol. The SMILES string of the molecule is C[C@H](C(=O)NCCc1c[nH]c2ccccc12)n1c(=O)oc2ccccc21. The summed E-state index contributed by atoms with van der Waals surface area (Å²) in [7, 11) is 0. The lowest BCUT2D eigenvalue weighted by Gasteiger charge is -2.13. The smallest absolute Gasteiger partial charge is 0.408 e. The van der Waals surface area contributed by atoms with Gasteiger partial charge in [0.25, 0.3) is 0 Å². The van der Waals surface area contributed by atoms with Crippen molar-refractivity contribution in [2.24, 2.45) is 0 Å². The number of nitrogens with one attached hydrogen (secondary N) is 2. The molecule has 0 fully saturated rings. The number of hydrogen-bond donors (Lipinski definition) is 2. The van der Waals surface area contributed by atoms with Crippen molar-refractivity contribution in [3.05, 3.63) is 70.8 Å². The van der Waals surface area contributed by atoms with Gasteiger partial charge in [-0.05, 0) is 37.1 Å². The van der Waals surface area contributed by atoms with E-state index >= 15 is 0 Å². The van der Waals surface area contributed by atoms with Crippen LogP contribution < -0.4 is 11.1 Å². The van der Waals surface area contributed by atoms with Gasteiger partial charge in [0.2, 0.25) is 5.91 Å². The predicted molar refractivity (Wildman–Crippen MR) is 100 cm³/mol. The van der Waals surface area contributed by atoms with Crippen LogP contribution in [-0.4, -0.2) is 22.0 Å². The van der Waals surface area contributed by atoms with Crippen molar-refractivity contribution < 1.29 is 9.21 Å². The molecule has 132 valence electrons. The molecule has 0 aliphatic rings. The van der Waals surface area contributed by atoms with Crippen molar-refractivity contribution >= 4 is 27.9 Å². The number of aromatic nitrogens is 2. The quantitative estimate of drug-likeness (QED) is 0.581. The second-order valence-corrected chi connectivity index (χ2v) is 6.28. The van der Waals surface area contributed by atoms with Gasteiger partial charge >= 0.3 is 5.76 Å². The lowest BCUT2D eigenvalue weighted by Crippen LogP contribution is -2.35. The maximum Gasteiger partial charge on any atom is 0.420 e. The van der Waals surface area contributed by atoms with Gasteiger partial charge < -0.3 is 14.7 Å². The van der Waals surface area contributed by atoms with Gasteiger partial charge in [-0.15, -0.1) is 0 Å². The molecule has 2 heterocycles. The minimum Gasteiger partial charge on any atom is -0.408 e. The van der Waals surface area contributed by atoms with E-state index < -0.39 is 11.8 Å². The molecular weight excluding hydrogens is 330 g/mol. The number of hydrogen-bond acceptors (Lipinski definition) is 3. The van der Waals surface area contributed by atoms with Crippen LogP contribution in [0.1, 0.15) is 18.5 Å². The number of carbonyl (C=O) groups excluding carboxylic acids is 1. The van der Waals surface area contributed by atoms with Crippen LogP contribution in [0, 0.1) is 0 Å². The molecule has 0 spiro atoms. The number of carbonyl (C=O) groups is 1. The summed E-state index contributed by atoms with van der Waals surface area (Å²) in [6.07, 6.45) is 2.68. The average Bonchev–Trinajstić information content (AvgIpc) is 3.21. The topological polar surface area (TPSA) is 80.0 Å². The zero-order chi connectivity index (χ0) is 18.1. The fourth-order valence-corrected chi connectivity index (χ4v) is 3.27. The van der Waals surface area contributed by atoms with Gasteiger partial charge in [-0.3, -0.25) is 9.36 Å². The Morgan fingerprint density at radius 2 is 1.96 bits per heavy atom. The molecule has 2 N–H and O–H groups in total. The largest absolute Gasteiger partial charge is 0.420 e. The van der Waals surface area contributed by atoms with Gasteiger partial charge in [0.1, 0.15) is 6.04 Å². The summed E-state index contributed by atoms with van der Waals surface area (Å²) < 4.78 is 6.59. The van der Waals surface area contributed by atoms with Crippen LogP contribution in [0.4, 0.5) is 0 Å². The lowest BCUT2D eigenvalue weighted by atomic mass is 10.1. The van der Waals surface area contributed by atoms with Gasteiger partial charge in [0.15, 0.2) is 5.58 Å². The van der Waals surface area contributed by atoms with E-state index in [0.717, 1.165) is 16.5 Å². The molecule has 4 rings (SSSR count). The molecule has 1 atom stereocenters. The van der Waals surface area contributed by atoms with Crippen molar-refractivity contribution in [1.29, 1.82) is 0 Å². The van der Waals surface area contributed by atoms with Crippen molar-refractivity contribution in [1.82, 2.24) is 14.9 Å². The molecule has 0 bridgehead atoms. The Balaban J connectivity index is 1.46. The summed E-state index contributed by atoms with van der Waals surface area (Å²) in [4.78, 5) is 27.8. The Morgan fingerprint density at radius 1 is 1.19 bits per heavy atom. The Morgan fingerprint density at radius 3 is 2.85 bits per heavy atom. The van der Waals surface area contributed by atoms with Gasteiger partial charge in [0, 0.05) is 23.6 Å². The van der Waals surface area contributed by atoms with Crippen LogP contribution in [0.25, 0.3) is 22.0 Å². The third-order valence-corrected chi connectivity index (χ3v) is 4.65. The molecule has 6 nitrogen and oxygen atoms in total. The highest BCUT2D eigenvalue weighted by atomic mass is 16.4. The molecular formula is C20H19N3O3. The highest BCUT2D eigenvalue weighted by Gasteiger charge is 2.20. The predicted octanol–water partition coefficient (Wildman–Crippen LogP) is 3.00. The molecule has 0 radical (unpaired) electrons. The van der Waals surface area contributed by atoms with Crippen LogP contribution in [0.5, 0.6) is 0 Å². The summed E-state index contributed by atoms with van der Waals surface area (Å²) in [5, 5.41) is 4.07. The zero-order valence-electron chi connectivity index (χ0n) is 14.4. The first-order chi connectivity index (χ1) is 12.6. The minimum absolute atomic E-state index is 0.210. The van der Waals surface area contributed by atoms with Crippen LogP contribution in [0.3, 0.4) is 0 Å². The van der Waals surface area contributed by atoms with E-state index in [1.54, 1.807) is 25.1 Å². The van der Waals surface area contributed by atoms with Crippen LogP contribution in [0.15, 0.2) is 63.9 Å². The Labute approximate surface area is 149 Å². The van der Waals surface area contributed by atoms with Crippen molar-refractivity contribution in [2.75, 3.05) is 6.54 Å². The first kappa shape index (κ1) is 16.2. The second-order valence-electron chi connectivity index (χ2n) is 6.28. The molecule has 2 aromatic heterocycles.